The van der Waals surface area contributed by atoms with E-state index in [1.807, 2.05) is 42.5 Å². The van der Waals surface area contributed by atoms with Crippen LogP contribution >= 0.6 is 11.6 Å². The van der Waals surface area contributed by atoms with Gasteiger partial charge >= 0.3 is 11.9 Å². The van der Waals surface area contributed by atoms with Gasteiger partial charge in [-0.2, -0.15) is 0 Å². The molecule has 39 heavy (non-hydrogen) atoms. The van der Waals surface area contributed by atoms with Crippen molar-refractivity contribution in [3.63, 3.8) is 0 Å². The number of nitrogens with zero attached hydrogens (tertiary/aromatic N) is 1. The normalized spacial score (nSPS) is 17.4. The van der Waals surface area contributed by atoms with E-state index in [-0.39, 0.29) is 18.6 Å². The predicted octanol–water partition coefficient (Wildman–Crippen LogP) is 4.36. The van der Waals surface area contributed by atoms with Gasteiger partial charge < -0.3 is 19.2 Å². The molecule has 1 N–H and O–H groups in total. The van der Waals surface area contributed by atoms with Gasteiger partial charge in [0.2, 0.25) is 5.91 Å². The fraction of sp³-hybridized carbons (Fsp3) is 0.300. The lowest BCUT2D eigenvalue weighted by Crippen LogP contribution is -2.51. The second-order valence-electron chi connectivity index (χ2n) is 9.27. The Morgan fingerprint density at radius 2 is 1.62 bits per heavy atom. The molecule has 0 bridgehead atoms. The van der Waals surface area contributed by atoms with E-state index in [0.717, 1.165) is 11.1 Å². The quantitative estimate of drug-likeness (QED) is 0.280. The molecule has 1 aliphatic rings. The van der Waals surface area contributed by atoms with Crippen LogP contribution in [0.5, 0.6) is 0 Å². The van der Waals surface area contributed by atoms with Gasteiger partial charge in [-0.05, 0) is 48.2 Å². The molecule has 0 spiro atoms. The van der Waals surface area contributed by atoms with E-state index < -0.39 is 24.0 Å². The molecular weight excluding hydrogens is 520 g/mol. The standard InChI is InChI=1S/C30H31ClN2O6/c1-37-30(36)27-18-25(38-20-22-12-15-24(31)16-13-22)19-33(27)28(34)26(17-14-21-8-4-2-5-9-21)32-39-29(35)23-10-6-3-7-11-23/h2-13,15-16,25-27,32H,14,17-20H2,1H3/t25-,26-,27+/m1/s1. The second kappa shape index (κ2) is 13.9. The number of rotatable bonds is 11. The average Bonchev–Trinajstić information content (AvgIpc) is 3.41. The van der Waals surface area contributed by atoms with Crippen molar-refractivity contribution in [3.05, 3.63) is 107 Å². The van der Waals surface area contributed by atoms with Crippen molar-refractivity contribution in [1.29, 1.82) is 0 Å². The third kappa shape index (κ3) is 7.89. The van der Waals surface area contributed by atoms with Crippen molar-refractivity contribution in [2.24, 2.45) is 0 Å². The molecule has 1 fully saturated rings. The Morgan fingerprint density at radius 1 is 0.949 bits per heavy atom. The summed E-state index contributed by atoms with van der Waals surface area (Å²) in [5.74, 6) is -1.51. The lowest BCUT2D eigenvalue weighted by atomic mass is 10.0. The smallest absolute Gasteiger partial charge is 0.356 e. The van der Waals surface area contributed by atoms with Crippen molar-refractivity contribution in [2.75, 3.05) is 13.7 Å². The summed E-state index contributed by atoms with van der Waals surface area (Å²) in [6, 6.07) is 23.8. The maximum Gasteiger partial charge on any atom is 0.356 e. The van der Waals surface area contributed by atoms with E-state index in [1.54, 1.807) is 42.5 Å². The minimum Gasteiger partial charge on any atom is -0.467 e. The molecule has 1 heterocycles. The van der Waals surface area contributed by atoms with Gasteiger partial charge in [-0.15, -0.1) is 5.48 Å². The summed E-state index contributed by atoms with van der Waals surface area (Å²) in [5, 5.41) is 0.629. The van der Waals surface area contributed by atoms with Crippen molar-refractivity contribution in [1.82, 2.24) is 10.4 Å². The summed E-state index contributed by atoms with van der Waals surface area (Å²) < 4.78 is 11.0. The topological polar surface area (TPSA) is 94.2 Å². The number of methoxy groups -OCH3 is 1. The Morgan fingerprint density at radius 3 is 2.28 bits per heavy atom. The minimum atomic E-state index is -0.889. The molecule has 204 valence electrons. The lowest BCUT2D eigenvalue weighted by Gasteiger charge is -2.27. The van der Waals surface area contributed by atoms with Crippen LogP contribution in [0.25, 0.3) is 0 Å². The highest BCUT2D eigenvalue weighted by molar-refractivity contribution is 6.30. The number of aryl methyl sites for hydroxylation is 1. The molecular formula is C30H31ClN2O6. The first-order valence-corrected chi connectivity index (χ1v) is 13.1. The zero-order valence-corrected chi connectivity index (χ0v) is 22.4. The van der Waals surface area contributed by atoms with Gasteiger partial charge in [0.15, 0.2) is 0 Å². The van der Waals surface area contributed by atoms with Gasteiger partial charge in [-0.1, -0.05) is 72.3 Å². The van der Waals surface area contributed by atoms with E-state index in [1.165, 1.54) is 12.0 Å². The van der Waals surface area contributed by atoms with Crippen LogP contribution in [0.3, 0.4) is 0 Å². The largest absolute Gasteiger partial charge is 0.467 e. The number of nitrogens with one attached hydrogen (secondary N) is 1. The average molecular weight is 551 g/mol. The van der Waals surface area contributed by atoms with Crippen LogP contribution in [0.15, 0.2) is 84.9 Å². The number of hydrogen-bond donors (Lipinski definition) is 1. The van der Waals surface area contributed by atoms with E-state index in [4.69, 9.17) is 25.9 Å². The number of ether oxygens (including phenoxy) is 2. The monoisotopic (exact) mass is 550 g/mol. The molecule has 0 saturated carbocycles. The molecule has 3 atom stereocenters. The van der Waals surface area contributed by atoms with Crippen LogP contribution in [0.2, 0.25) is 5.02 Å². The van der Waals surface area contributed by atoms with Gasteiger partial charge in [-0.25, -0.2) is 9.59 Å². The number of halogens is 1. The highest BCUT2D eigenvalue weighted by Crippen LogP contribution is 2.25. The molecule has 1 aliphatic heterocycles. The molecule has 9 heteroatoms. The molecule has 4 rings (SSSR count). The van der Waals surface area contributed by atoms with E-state index in [9.17, 15) is 14.4 Å². The van der Waals surface area contributed by atoms with Gasteiger partial charge in [0, 0.05) is 18.0 Å². The van der Waals surface area contributed by atoms with Gasteiger partial charge in [0.1, 0.15) is 12.1 Å². The second-order valence-corrected chi connectivity index (χ2v) is 9.71. The summed E-state index contributed by atoms with van der Waals surface area (Å²) in [5.41, 5.74) is 4.98. The molecule has 0 aliphatic carbocycles. The maximum atomic E-state index is 13.8. The number of hydroxylamine groups is 1. The van der Waals surface area contributed by atoms with Gasteiger partial charge in [-0.3, -0.25) is 4.79 Å². The van der Waals surface area contributed by atoms with Crippen LogP contribution in [-0.2, 0) is 36.9 Å². The Balaban J connectivity index is 1.46. The third-order valence-electron chi connectivity index (χ3n) is 6.58. The number of esters is 1. The van der Waals surface area contributed by atoms with Gasteiger partial charge in [0.05, 0.1) is 25.4 Å². The Bertz CT molecular complexity index is 1240. The first-order valence-electron chi connectivity index (χ1n) is 12.7. The van der Waals surface area contributed by atoms with E-state index in [2.05, 4.69) is 5.48 Å². The number of carbonyl (C=O) groups is 3. The van der Waals surface area contributed by atoms with E-state index in [0.29, 0.717) is 36.5 Å². The Labute approximate surface area is 232 Å². The van der Waals surface area contributed by atoms with Crippen molar-refractivity contribution in [2.45, 2.75) is 44.1 Å². The highest BCUT2D eigenvalue weighted by Gasteiger charge is 2.43. The van der Waals surface area contributed by atoms with Crippen molar-refractivity contribution < 1.29 is 28.7 Å². The van der Waals surface area contributed by atoms with Gasteiger partial charge in [0.25, 0.3) is 0 Å². The number of likely N-dealkylation sites (tertiary alicyclic amines) is 1. The van der Waals surface area contributed by atoms with Crippen LogP contribution in [0, 0.1) is 0 Å². The first-order chi connectivity index (χ1) is 18.9. The zero-order valence-electron chi connectivity index (χ0n) is 21.6. The SMILES string of the molecule is COC(=O)[C@@H]1C[C@@H](OCc2ccc(Cl)cc2)CN1C(=O)[C@@H](CCc1ccccc1)NOC(=O)c1ccccc1. The van der Waals surface area contributed by atoms with Crippen LogP contribution in [-0.4, -0.2) is 54.6 Å². The van der Waals surface area contributed by atoms with Crippen LogP contribution < -0.4 is 5.48 Å². The summed E-state index contributed by atoms with van der Waals surface area (Å²) in [6.45, 7) is 0.504. The third-order valence-corrected chi connectivity index (χ3v) is 6.84. The Hall–Kier alpha value is -3.72. The van der Waals surface area contributed by atoms with Crippen molar-refractivity contribution >= 4 is 29.4 Å². The Kier molecular flexibility index (Phi) is 10.1. The van der Waals surface area contributed by atoms with Crippen molar-refractivity contribution in [3.8, 4) is 0 Å². The number of hydrogen-bond acceptors (Lipinski definition) is 7. The number of benzene rings is 3. The maximum absolute atomic E-state index is 13.8. The minimum absolute atomic E-state index is 0.197. The zero-order chi connectivity index (χ0) is 27.6. The summed E-state index contributed by atoms with van der Waals surface area (Å²) in [7, 11) is 1.29. The predicted molar refractivity (Wildman–Crippen MR) is 146 cm³/mol. The highest BCUT2D eigenvalue weighted by atomic mass is 35.5. The molecule has 8 nitrogen and oxygen atoms in total. The molecule has 0 aromatic heterocycles. The fourth-order valence-corrected chi connectivity index (χ4v) is 4.59. The summed E-state index contributed by atoms with van der Waals surface area (Å²) in [4.78, 5) is 45.8. The summed E-state index contributed by atoms with van der Waals surface area (Å²) in [6.07, 6.45) is 0.808. The molecule has 1 amide bonds. The lowest BCUT2D eigenvalue weighted by molar-refractivity contribution is -0.152. The van der Waals surface area contributed by atoms with E-state index >= 15 is 0 Å². The van der Waals surface area contributed by atoms with Crippen LogP contribution in [0.4, 0.5) is 0 Å². The number of carbonyl (C=O) groups excluding carboxylic acids is 3. The molecule has 0 unspecified atom stereocenters. The molecule has 1 saturated heterocycles. The molecule has 0 radical (unpaired) electrons. The summed E-state index contributed by atoms with van der Waals surface area (Å²) >= 11 is 5.96. The molecule has 3 aromatic carbocycles. The number of amides is 1. The molecule has 3 aromatic rings. The van der Waals surface area contributed by atoms with Crippen LogP contribution in [0.1, 0.15) is 34.3 Å². The first kappa shape index (κ1) is 28.3. The fourth-order valence-electron chi connectivity index (χ4n) is 4.46.